The topological polar surface area (TPSA) is 169 Å². The number of nitrogens with two attached hydrogens (primary N) is 1. The monoisotopic (exact) mass is 581 g/mol. The number of carboxylic acid groups (broad SMARTS) is 1. The van der Waals surface area contributed by atoms with Gasteiger partial charge in [0, 0.05) is 30.2 Å². The van der Waals surface area contributed by atoms with E-state index in [1.54, 1.807) is 31.3 Å². The summed E-state index contributed by atoms with van der Waals surface area (Å²) in [4.78, 5) is 40.1. The molecule has 2 aliphatic rings. The van der Waals surface area contributed by atoms with Crippen molar-refractivity contribution in [3.8, 4) is 22.6 Å². The van der Waals surface area contributed by atoms with Crippen molar-refractivity contribution in [1.29, 1.82) is 0 Å². The molecule has 3 aromatic rings. The number of aliphatic carboxylic acids is 1. The Balaban J connectivity index is 0.000000493. The average Bonchev–Trinajstić information content (AvgIpc) is 3.69. The van der Waals surface area contributed by atoms with E-state index in [0.29, 0.717) is 28.3 Å². The fourth-order valence-corrected chi connectivity index (χ4v) is 4.07. The van der Waals surface area contributed by atoms with E-state index in [2.05, 4.69) is 20.4 Å². The Kier molecular flexibility index (Phi) is 8.75. The molecule has 2 atom stereocenters. The molecule has 4 heterocycles. The second kappa shape index (κ2) is 12.2. The quantitative estimate of drug-likeness (QED) is 0.308. The van der Waals surface area contributed by atoms with Gasteiger partial charge in [-0.05, 0) is 29.5 Å². The van der Waals surface area contributed by atoms with E-state index in [1.165, 1.54) is 22.0 Å². The third-order valence-electron chi connectivity index (χ3n) is 6.07. The lowest BCUT2D eigenvalue weighted by Gasteiger charge is -2.15. The van der Waals surface area contributed by atoms with Crippen molar-refractivity contribution < 1.29 is 51.8 Å². The molecule has 1 amide bonds. The molecule has 2 fully saturated rings. The molecule has 13 nitrogen and oxygen atoms in total. The maximum Gasteiger partial charge on any atom is 0.430 e. The van der Waals surface area contributed by atoms with Gasteiger partial charge in [-0.3, -0.25) is 9.88 Å². The molecule has 2 N–H and O–H groups in total. The molecule has 17 heteroatoms. The highest BCUT2D eigenvalue weighted by Crippen LogP contribution is 2.29. The van der Waals surface area contributed by atoms with Crippen LogP contribution in [0.2, 0.25) is 0 Å². The summed E-state index contributed by atoms with van der Waals surface area (Å²) in [5.74, 6) is -3.44. The number of carboxylic acids is 1. The van der Waals surface area contributed by atoms with Gasteiger partial charge in [-0.2, -0.15) is 18.0 Å². The molecule has 1 aromatic carbocycles. The smallest absolute Gasteiger partial charge is 0.430 e. The van der Waals surface area contributed by atoms with Crippen LogP contribution in [-0.2, 0) is 26.1 Å². The summed E-state index contributed by atoms with van der Waals surface area (Å²) in [6.07, 6.45) is -3.11. The number of halogens is 4. The molecule has 41 heavy (non-hydrogen) atoms. The zero-order valence-electron chi connectivity index (χ0n) is 21.4. The van der Waals surface area contributed by atoms with Gasteiger partial charge in [0.15, 0.2) is 12.1 Å². The van der Waals surface area contributed by atoms with Crippen molar-refractivity contribution in [3.05, 3.63) is 42.3 Å². The second-order valence-corrected chi connectivity index (χ2v) is 9.00. The Hall–Kier alpha value is -4.67. The molecule has 2 aromatic heterocycles. The number of tetrazole rings is 1. The highest BCUT2D eigenvalue weighted by molar-refractivity contribution is 5.90. The first kappa shape index (κ1) is 29.3. The number of anilines is 1. The van der Waals surface area contributed by atoms with Gasteiger partial charge in [0.05, 0.1) is 25.8 Å². The van der Waals surface area contributed by atoms with E-state index in [4.69, 9.17) is 19.4 Å². The van der Waals surface area contributed by atoms with Crippen LogP contribution in [0.5, 0.6) is 0 Å². The van der Waals surface area contributed by atoms with Crippen LogP contribution in [0.15, 0.2) is 36.5 Å². The van der Waals surface area contributed by atoms with Gasteiger partial charge in [-0.1, -0.05) is 6.07 Å². The third-order valence-corrected chi connectivity index (χ3v) is 6.07. The maximum absolute atomic E-state index is 14.9. The molecule has 0 aliphatic carbocycles. The summed E-state index contributed by atoms with van der Waals surface area (Å²) < 4.78 is 57.1. The van der Waals surface area contributed by atoms with Gasteiger partial charge < -0.3 is 24.7 Å². The normalized spacial score (nSPS) is 18.5. The number of ether oxygens (including phenoxy) is 2. The Morgan fingerprint density at radius 3 is 2.56 bits per heavy atom. The number of aromatic nitrogens is 5. The van der Waals surface area contributed by atoms with Gasteiger partial charge in [-0.15, -0.1) is 10.2 Å². The molecule has 0 spiro atoms. The third kappa shape index (κ3) is 7.30. The van der Waals surface area contributed by atoms with Crippen LogP contribution in [0.3, 0.4) is 0 Å². The predicted octanol–water partition coefficient (Wildman–Crippen LogP) is -0.0290. The Morgan fingerprint density at radius 1 is 1.24 bits per heavy atom. The van der Waals surface area contributed by atoms with Gasteiger partial charge in [0.1, 0.15) is 24.1 Å². The van der Waals surface area contributed by atoms with Crippen molar-refractivity contribution in [2.45, 2.75) is 31.2 Å². The molecule has 0 radical (unpaired) electrons. The average molecular weight is 581 g/mol. The van der Waals surface area contributed by atoms with Gasteiger partial charge in [0.25, 0.3) is 0 Å². The number of alkyl halides is 3. The summed E-state index contributed by atoms with van der Waals surface area (Å²) >= 11 is 0. The first-order valence-corrected chi connectivity index (χ1v) is 12.2. The van der Waals surface area contributed by atoms with Gasteiger partial charge in [-0.25, -0.2) is 14.0 Å². The number of benzene rings is 1. The number of amides is 1. The second-order valence-electron chi connectivity index (χ2n) is 9.00. The number of esters is 1. The first-order valence-electron chi connectivity index (χ1n) is 12.2. The van der Waals surface area contributed by atoms with Crippen LogP contribution >= 0.6 is 0 Å². The predicted molar refractivity (Wildman–Crippen MR) is 127 cm³/mol. The number of nitrogens with zero attached hydrogens (tertiary/aromatic N) is 6. The number of carbonyl (C=O) groups excluding carboxylic acids is 3. The number of aryl methyl sites for hydroxylation is 1. The maximum atomic E-state index is 14.9. The van der Waals surface area contributed by atoms with Gasteiger partial charge in [0.2, 0.25) is 5.82 Å². The van der Waals surface area contributed by atoms with E-state index in [1.807, 2.05) is 5.32 Å². The zero-order chi connectivity index (χ0) is 29.7. The van der Waals surface area contributed by atoms with E-state index >= 15 is 0 Å². The number of quaternary nitrogens is 1. The minimum atomic E-state index is -5.19. The molecule has 218 valence electrons. The van der Waals surface area contributed by atoms with E-state index < -0.39 is 30.2 Å². The van der Waals surface area contributed by atoms with Crippen LogP contribution in [0.1, 0.15) is 12.8 Å². The van der Waals surface area contributed by atoms with Crippen LogP contribution in [0.25, 0.3) is 22.6 Å². The highest BCUT2D eigenvalue weighted by atomic mass is 19.4. The van der Waals surface area contributed by atoms with Crippen molar-refractivity contribution in [2.24, 2.45) is 7.05 Å². The number of hydrogen-bond donors (Lipinski definition) is 1. The molecule has 5 rings (SSSR count). The van der Waals surface area contributed by atoms with E-state index in [-0.39, 0.29) is 25.2 Å². The largest absolute Gasteiger partial charge is 0.542 e. The lowest BCUT2D eigenvalue weighted by Crippen LogP contribution is -2.88. The lowest BCUT2D eigenvalue weighted by molar-refractivity contribution is -0.659. The Bertz CT molecular complexity index is 1410. The number of rotatable bonds is 6. The summed E-state index contributed by atoms with van der Waals surface area (Å²) in [7, 11) is 1.65. The molecular weight excluding hydrogens is 558 g/mol. The Morgan fingerprint density at radius 2 is 2.00 bits per heavy atom. The molecule has 2 saturated heterocycles. The van der Waals surface area contributed by atoms with Crippen molar-refractivity contribution in [2.75, 3.05) is 24.6 Å². The van der Waals surface area contributed by atoms with Crippen molar-refractivity contribution in [3.63, 3.8) is 0 Å². The number of cyclic esters (lactones) is 1. The lowest BCUT2D eigenvalue weighted by atomic mass is 10.1. The van der Waals surface area contributed by atoms with Gasteiger partial charge >= 0.3 is 18.2 Å². The molecule has 0 unspecified atom stereocenters. The van der Waals surface area contributed by atoms with E-state index in [0.717, 1.165) is 19.4 Å². The van der Waals surface area contributed by atoms with Crippen LogP contribution in [0.4, 0.5) is 28.0 Å². The molecule has 0 saturated carbocycles. The molecular formula is C24H23F4N7O6. The van der Waals surface area contributed by atoms with Crippen molar-refractivity contribution >= 4 is 23.7 Å². The summed E-state index contributed by atoms with van der Waals surface area (Å²) in [5, 5.41) is 22.5. The fourth-order valence-electron chi connectivity index (χ4n) is 4.07. The van der Waals surface area contributed by atoms with E-state index in [9.17, 15) is 27.2 Å². The summed E-state index contributed by atoms with van der Waals surface area (Å²) in [6.45, 7) is 1.05. The standard InChI is InChI=1S/C22H22FN7O4.C2HF3O2/c1-29-27-20(26-28-29)18-7-4-13(10-25-18)16-6-5-14(9-17(16)23)30-11-15(34-22(30)32)12-33-21(31)19-3-2-8-24-19;3-2(4,5)1(6)7/h4-7,9-10,15,19,24H,2-3,8,11-12H2,1H3;(H,6,7)/t15-,19+;/m1./s1. The first-order chi connectivity index (χ1) is 19.4. The SMILES string of the molecule is Cn1nnc(-c2ccc(-c3ccc(N4C[C@H](COC(=O)[C@@H]5CCC[NH2+]5)OC4=O)cc3F)cn2)n1.O=C([O-])C(F)(F)F. The summed E-state index contributed by atoms with van der Waals surface area (Å²) in [6, 6.07) is 7.71. The minimum absolute atomic E-state index is 0.0232. The van der Waals surface area contributed by atoms with Crippen LogP contribution < -0.4 is 15.3 Å². The highest BCUT2D eigenvalue weighted by Gasteiger charge is 2.35. The zero-order valence-corrected chi connectivity index (χ0v) is 21.4. The van der Waals surface area contributed by atoms with Crippen molar-refractivity contribution in [1.82, 2.24) is 25.2 Å². The van der Waals surface area contributed by atoms with Crippen LogP contribution in [0, 0.1) is 5.82 Å². The number of pyridine rings is 1. The number of carbonyl (C=O) groups is 3. The molecule has 0 bridgehead atoms. The number of hydrogen-bond acceptors (Lipinski definition) is 10. The Labute approximate surface area is 229 Å². The minimum Gasteiger partial charge on any atom is -0.542 e. The summed E-state index contributed by atoms with van der Waals surface area (Å²) in [5.41, 5.74) is 1.78. The van der Waals surface area contributed by atoms with Crippen LogP contribution in [-0.4, -0.2) is 81.2 Å². The fraction of sp³-hybridized carbons (Fsp3) is 0.375. The molecule has 2 aliphatic heterocycles.